The fourth-order valence-corrected chi connectivity index (χ4v) is 4.46. The summed E-state index contributed by atoms with van der Waals surface area (Å²) in [5, 5.41) is 4.39. The molecule has 6 rings (SSSR count). The van der Waals surface area contributed by atoms with E-state index in [1.807, 2.05) is 78.9 Å². The van der Waals surface area contributed by atoms with Gasteiger partial charge < -0.3 is 24.5 Å². The van der Waals surface area contributed by atoms with Crippen molar-refractivity contribution < 1.29 is 14.2 Å². The van der Waals surface area contributed by atoms with Crippen LogP contribution >= 0.6 is 0 Å². The van der Waals surface area contributed by atoms with Crippen molar-refractivity contribution in [2.45, 2.75) is 20.4 Å². The number of H-pyrrole nitrogens is 1. The predicted molar refractivity (Wildman–Crippen MR) is 135 cm³/mol. The number of anilines is 1. The Bertz CT molecular complexity index is 1640. The first-order chi connectivity index (χ1) is 17.1. The number of imidazole rings is 1. The van der Waals surface area contributed by atoms with Crippen LogP contribution in [0, 0.1) is 6.92 Å². The molecule has 0 unspecified atom stereocenters. The molecule has 0 atom stereocenters. The number of ether oxygens (including phenoxy) is 3. The maximum Gasteiger partial charge on any atom is 0.258 e. The first-order valence-electron chi connectivity index (χ1n) is 11.5. The van der Waals surface area contributed by atoms with Gasteiger partial charge in [-0.2, -0.15) is 0 Å². The van der Waals surface area contributed by atoms with Crippen LogP contribution in [0.2, 0.25) is 0 Å². The molecule has 35 heavy (non-hydrogen) atoms. The topological polar surface area (TPSA) is 89.9 Å². The molecule has 5 aromatic rings. The van der Waals surface area contributed by atoms with E-state index >= 15 is 0 Å². The van der Waals surface area contributed by atoms with E-state index in [1.165, 1.54) is 0 Å². The van der Waals surface area contributed by atoms with Gasteiger partial charge in [-0.05, 0) is 67.9 Å². The fourth-order valence-electron chi connectivity index (χ4n) is 4.46. The van der Waals surface area contributed by atoms with E-state index in [2.05, 4.69) is 10.3 Å². The number of aromatic nitrogens is 3. The van der Waals surface area contributed by atoms with Crippen LogP contribution in [0.1, 0.15) is 18.2 Å². The number of nitrogens with zero attached hydrogens (tertiary/aromatic N) is 2. The van der Waals surface area contributed by atoms with Gasteiger partial charge in [0.1, 0.15) is 22.9 Å². The molecule has 0 spiro atoms. The quantitative estimate of drug-likeness (QED) is 0.369. The van der Waals surface area contributed by atoms with Crippen LogP contribution in [-0.2, 0) is 6.54 Å². The van der Waals surface area contributed by atoms with Crippen molar-refractivity contribution in [3.63, 3.8) is 0 Å². The second kappa shape index (κ2) is 8.39. The standard InChI is InChI=1S/C27H24N4O4/c1-3-33-19-8-9-21-18(12-19)13-20(27(32)29-21)25-26(31-16(2)5-4-6-24(31)30-25)28-14-17-7-10-22-23(11-17)35-15-34-22/h4-13,28H,3,14-15H2,1-2H3,(H,29,32). The summed E-state index contributed by atoms with van der Waals surface area (Å²) in [5.41, 5.74) is 4.41. The molecule has 2 N–H and O–H groups in total. The van der Waals surface area contributed by atoms with Crippen molar-refractivity contribution >= 4 is 22.4 Å². The third-order valence-corrected chi connectivity index (χ3v) is 6.12. The van der Waals surface area contributed by atoms with Crippen molar-refractivity contribution in [3.05, 3.63) is 82.3 Å². The Balaban J connectivity index is 1.46. The summed E-state index contributed by atoms with van der Waals surface area (Å²) in [6.45, 7) is 5.29. The number of nitrogens with one attached hydrogen (secondary N) is 2. The van der Waals surface area contributed by atoms with Crippen LogP contribution < -0.4 is 25.1 Å². The summed E-state index contributed by atoms with van der Waals surface area (Å²) in [6, 6.07) is 19.3. The number of aryl methyl sites for hydroxylation is 1. The SMILES string of the molecule is CCOc1ccc2[nH]c(=O)c(-c3nc4cccc(C)n4c3NCc3ccc4c(c3)OCO4)cc2c1. The highest BCUT2D eigenvalue weighted by molar-refractivity contribution is 5.87. The highest BCUT2D eigenvalue weighted by atomic mass is 16.7. The fraction of sp³-hybridized carbons (Fsp3) is 0.185. The first-order valence-corrected chi connectivity index (χ1v) is 11.5. The molecule has 0 aliphatic carbocycles. The van der Waals surface area contributed by atoms with E-state index in [9.17, 15) is 4.79 Å². The molecule has 8 nitrogen and oxygen atoms in total. The summed E-state index contributed by atoms with van der Waals surface area (Å²) in [4.78, 5) is 21.0. The predicted octanol–water partition coefficient (Wildman–Crippen LogP) is 4.89. The number of rotatable bonds is 6. The zero-order chi connectivity index (χ0) is 23.9. The lowest BCUT2D eigenvalue weighted by molar-refractivity contribution is 0.174. The molecule has 8 heteroatoms. The molecule has 176 valence electrons. The van der Waals surface area contributed by atoms with Gasteiger partial charge in [0.05, 0.1) is 12.2 Å². The lowest BCUT2D eigenvalue weighted by Crippen LogP contribution is -2.11. The maximum absolute atomic E-state index is 13.2. The van der Waals surface area contributed by atoms with Gasteiger partial charge in [0.15, 0.2) is 11.5 Å². The van der Waals surface area contributed by atoms with Crippen LogP contribution in [0.15, 0.2) is 65.5 Å². The smallest absolute Gasteiger partial charge is 0.258 e. The maximum atomic E-state index is 13.2. The van der Waals surface area contributed by atoms with Gasteiger partial charge in [-0.25, -0.2) is 4.98 Å². The van der Waals surface area contributed by atoms with Crippen molar-refractivity contribution in [2.75, 3.05) is 18.7 Å². The van der Waals surface area contributed by atoms with Gasteiger partial charge in [0.2, 0.25) is 6.79 Å². The lowest BCUT2D eigenvalue weighted by Gasteiger charge is -2.11. The van der Waals surface area contributed by atoms with Crippen LogP contribution in [0.5, 0.6) is 17.2 Å². The second-order valence-electron chi connectivity index (χ2n) is 8.41. The van der Waals surface area contributed by atoms with Gasteiger partial charge in [0.25, 0.3) is 5.56 Å². The molecule has 4 heterocycles. The van der Waals surface area contributed by atoms with Crippen molar-refractivity contribution in [2.24, 2.45) is 0 Å². The van der Waals surface area contributed by atoms with Crippen molar-refractivity contribution in [1.29, 1.82) is 0 Å². The van der Waals surface area contributed by atoms with E-state index in [0.717, 1.165) is 50.9 Å². The first kappa shape index (κ1) is 21.1. The average molecular weight is 469 g/mol. The zero-order valence-electron chi connectivity index (χ0n) is 19.4. The average Bonchev–Trinajstić information content (AvgIpc) is 3.47. The Kier molecular flexibility index (Phi) is 5.06. The van der Waals surface area contributed by atoms with E-state index in [1.54, 1.807) is 0 Å². The number of pyridine rings is 2. The van der Waals surface area contributed by atoms with Gasteiger partial charge in [-0.1, -0.05) is 12.1 Å². The van der Waals surface area contributed by atoms with E-state index in [0.29, 0.717) is 24.4 Å². The molecular formula is C27H24N4O4. The molecule has 3 aromatic heterocycles. The summed E-state index contributed by atoms with van der Waals surface area (Å²) in [7, 11) is 0. The van der Waals surface area contributed by atoms with Gasteiger partial charge >= 0.3 is 0 Å². The van der Waals surface area contributed by atoms with Gasteiger partial charge in [-0.3, -0.25) is 9.20 Å². The number of benzene rings is 2. The van der Waals surface area contributed by atoms with Crippen molar-refractivity contribution in [3.8, 4) is 28.5 Å². The van der Waals surface area contributed by atoms with E-state index in [4.69, 9.17) is 19.2 Å². The number of aromatic amines is 1. The van der Waals surface area contributed by atoms with Crippen LogP contribution in [0.4, 0.5) is 5.82 Å². The summed E-state index contributed by atoms with van der Waals surface area (Å²) >= 11 is 0. The molecule has 1 aliphatic heterocycles. The monoisotopic (exact) mass is 468 g/mol. The van der Waals surface area contributed by atoms with Gasteiger partial charge in [-0.15, -0.1) is 0 Å². The molecule has 2 aromatic carbocycles. The molecule has 0 saturated carbocycles. The summed E-state index contributed by atoms with van der Waals surface area (Å²) in [5.74, 6) is 2.98. The van der Waals surface area contributed by atoms with Crippen molar-refractivity contribution in [1.82, 2.24) is 14.4 Å². The van der Waals surface area contributed by atoms with Crippen LogP contribution in [-0.4, -0.2) is 27.8 Å². The number of hydrogen-bond donors (Lipinski definition) is 2. The Morgan fingerprint density at radius 2 is 1.97 bits per heavy atom. The minimum atomic E-state index is -0.200. The highest BCUT2D eigenvalue weighted by Gasteiger charge is 2.19. The largest absolute Gasteiger partial charge is 0.494 e. The minimum absolute atomic E-state index is 0.200. The molecule has 0 amide bonds. The van der Waals surface area contributed by atoms with E-state index < -0.39 is 0 Å². The Morgan fingerprint density at radius 1 is 1.09 bits per heavy atom. The van der Waals surface area contributed by atoms with Crippen LogP contribution in [0.25, 0.3) is 27.8 Å². The molecular weight excluding hydrogens is 444 g/mol. The second-order valence-corrected chi connectivity index (χ2v) is 8.41. The number of hydrogen-bond acceptors (Lipinski definition) is 6. The normalized spacial score (nSPS) is 12.4. The number of fused-ring (bicyclic) bond motifs is 3. The Hall–Kier alpha value is -4.46. The molecule has 1 aliphatic rings. The summed E-state index contributed by atoms with van der Waals surface area (Å²) < 4.78 is 18.6. The zero-order valence-corrected chi connectivity index (χ0v) is 19.4. The lowest BCUT2D eigenvalue weighted by atomic mass is 10.1. The molecule has 0 bridgehead atoms. The molecule has 0 radical (unpaired) electrons. The highest BCUT2D eigenvalue weighted by Crippen LogP contribution is 2.34. The minimum Gasteiger partial charge on any atom is -0.494 e. The third-order valence-electron chi connectivity index (χ3n) is 6.12. The third kappa shape index (κ3) is 3.73. The Labute approximate surface area is 201 Å². The molecule has 0 saturated heterocycles. The summed E-state index contributed by atoms with van der Waals surface area (Å²) in [6.07, 6.45) is 0. The van der Waals surface area contributed by atoms with Gasteiger partial charge in [0, 0.05) is 23.1 Å². The molecule has 0 fully saturated rings. The van der Waals surface area contributed by atoms with Crippen LogP contribution in [0.3, 0.4) is 0 Å². The van der Waals surface area contributed by atoms with E-state index in [-0.39, 0.29) is 12.4 Å². The Morgan fingerprint density at radius 3 is 2.86 bits per heavy atom.